The van der Waals surface area contributed by atoms with Crippen molar-refractivity contribution in [3.63, 3.8) is 0 Å². The zero-order valence-electron chi connectivity index (χ0n) is 14.1. The molecular weight excluding hydrogens is 330 g/mol. The Kier molecular flexibility index (Phi) is 5.12. The number of ether oxygens (including phenoxy) is 2. The van der Waals surface area contributed by atoms with Crippen molar-refractivity contribution >= 4 is 5.97 Å². The van der Waals surface area contributed by atoms with E-state index in [0.717, 1.165) is 6.92 Å². The summed E-state index contributed by atoms with van der Waals surface area (Å²) in [5.74, 6) is -4.38. The lowest BCUT2D eigenvalue weighted by molar-refractivity contribution is -0.139. The number of carbonyl (C=O) groups is 1. The molecule has 1 aromatic carbocycles. The number of benzene rings is 1. The van der Waals surface area contributed by atoms with Crippen molar-refractivity contribution < 1.29 is 23.0 Å². The average molecular weight is 348 g/mol. The molecule has 0 aliphatic carbocycles. The molecule has 1 heterocycles. The summed E-state index contributed by atoms with van der Waals surface area (Å²) >= 11 is 0. The van der Waals surface area contributed by atoms with Crippen LogP contribution < -0.4 is 5.73 Å². The molecule has 1 unspecified atom stereocenters. The van der Waals surface area contributed by atoms with Gasteiger partial charge in [0.2, 0.25) is 5.88 Å². The molecule has 1 aromatic rings. The van der Waals surface area contributed by atoms with Crippen LogP contribution in [0.25, 0.3) is 0 Å². The third-order valence-corrected chi connectivity index (χ3v) is 3.85. The van der Waals surface area contributed by atoms with Crippen LogP contribution in [0.15, 0.2) is 47.1 Å². The summed E-state index contributed by atoms with van der Waals surface area (Å²) in [6, 6.07) is 7.34. The maximum Gasteiger partial charge on any atom is 0.338 e. The van der Waals surface area contributed by atoms with Crippen LogP contribution in [-0.2, 0) is 20.2 Å². The molecular formula is C18H18F2N2O3. The van der Waals surface area contributed by atoms with Crippen LogP contribution in [0.2, 0.25) is 0 Å². The molecule has 0 saturated carbocycles. The maximum atomic E-state index is 13.4. The van der Waals surface area contributed by atoms with Crippen molar-refractivity contribution in [2.45, 2.75) is 32.6 Å². The first-order valence-corrected chi connectivity index (χ1v) is 7.64. The first kappa shape index (κ1) is 18.5. The second kappa shape index (κ2) is 6.93. The minimum Gasteiger partial charge on any atom is -0.463 e. The number of hydrogen-bond acceptors (Lipinski definition) is 5. The van der Waals surface area contributed by atoms with E-state index in [2.05, 4.69) is 0 Å². The average Bonchev–Trinajstić information content (AvgIpc) is 2.53. The Morgan fingerprint density at radius 3 is 2.48 bits per heavy atom. The lowest BCUT2D eigenvalue weighted by atomic mass is 9.82. The quantitative estimate of drug-likeness (QED) is 0.843. The van der Waals surface area contributed by atoms with E-state index in [1.807, 2.05) is 6.07 Å². The molecule has 2 rings (SSSR count). The molecule has 0 spiro atoms. The predicted molar refractivity (Wildman–Crippen MR) is 86.0 cm³/mol. The minimum absolute atomic E-state index is 0.0321. The first-order chi connectivity index (χ1) is 11.7. The van der Waals surface area contributed by atoms with E-state index in [9.17, 15) is 18.8 Å². The van der Waals surface area contributed by atoms with Gasteiger partial charge in [0.15, 0.2) is 0 Å². The fourth-order valence-corrected chi connectivity index (χ4v) is 2.66. The van der Waals surface area contributed by atoms with Crippen LogP contribution in [0.5, 0.6) is 0 Å². The number of allylic oxidation sites excluding steroid dienone is 2. The fourth-order valence-electron chi connectivity index (χ4n) is 2.66. The largest absolute Gasteiger partial charge is 0.463 e. The van der Waals surface area contributed by atoms with Crippen LogP contribution in [0.1, 0.15) is 37.8 Å². The van der Waals surface area contributed by atoms with Gasteiger partial charge in [-0.05, 0) is 19.4 Å². The molecule has 2 N–H and O–H groups in total. The first-order valence-electron chi connectivity index (χ1n) is 7.64. The van der Waals surface area contributed by atoms with Gasteiger partial charge >= 0.3 is 5.97 Å². The van der Waals surface area contributed by atoms with Crippen LogP contribution in [-0.4, -0.2) is 12.6 Å². The van der Waals surface area contributed by atoms with Crippen molar-refractivity contribution in [2.24, 2.45) is 5.73 Å². The molecule has 0 saturated heterocycles. The second-order valence-corrected chi connectivity index (χ2v) is 5.63. The van der Waals surface area contributed by atoms with Gasteiger partial charge in [-0.2, -0.15) is 5.26 Å². The van der Waals surface area contributed by atoms with E-state index in [1.54, 1.807) is 6.92 Å². The zero-order valence-corrected chi connectivity index (χ0v) is 14.1. The van der Waals surface area contributed by atoms with E-state index in [-0.39, 0.29) is 35.0 Å². The van der Waals surface area contributed by atoms with Gasteiger partial charge in [0.05, 0.1) is 18.1 Å². The number of nitrogens with two attached hydrogens (primary N) is 1. The summed E-state index contributed by atoms with van der Waals surface area (Å²) in [4.78, 5) is 12.3. The van der Waals surface area contributed by atoms with Crippen LogP contribution >= 0.6 is 0 Å². The molecule has 0 bridgehead atoms. The number of nitrogens with zero attached hydrogens (tertiary/aromatic N) is 1. The molecule has 25 heavy (non-hydrogen) atoms. The highest BCUT2D eigenvalue weighted by Gasteiger charge is 2.36. The van der Waals surface area contributed by atoms with E-state index in [0.29, 0.717) is 5.56 Å². The van der Waals surface area contributed by atoms with Gasteiger partial charge in [0, 0.05) is 12.5 Å². The number of halogens is 2. The van der Waals surface area contributed by atoms with Crippen molar-refractivity contribution in [3.8, 4) is 6.07 Å². The molecule has 7 heteroatoms. The van der Waals surface area contributed by atoms with Gasteiger partial charge in [-0.25, -0.2) is 13.6 Å². The van der Waals surface area contributed by atoms with Crippen molar-refractivity contribution in [2.75, 3.05) is 6.61 Å². The standard InChI is InChI=1S/C18H18F2N2O3/c1-4-24-17(23)14-10(2)25-16(22)13(9-21)15(14)11-5-7-12(8-6-11)18(3,19)20/h5-8,15H,4,22H2,1-3H3. The number of alkyl halides is 2. The highest BCUT2D eigenvalue weighted by Crippen LogP contribution is 2.40. The molecule has 0 aromatic heterocycles. The summed E-state index contributed by atoms with van der Waals surface area (Å²) in [7, 11) is 0. The molecule has 0 amide bonds. The number of rotatable bonds is 4. The lowest BCUT2D eigenvalue weighted by Gasteiger charge is -2.27. The van der Waals surface area contributed by atoms with Crippen LogP contribution in [0.3, 0.4) is 0 Å². The number of nitriles is 1. The SMILES string of the molecule is CCOC(=O)C1=C(C)OC(N)=C(C#N)C1c1ccc(C(C)(F)F)cc1. The Morgan fingerprint density at radius 1 is 1.40 bits per heavy atom. The molecule has 0 fully saturated rings. The Balaban J connectivity index is 2.57. The topological polar surface area (TPSA) is 85.3 Å². The van der Waals surface area contributed by atoms with Crippen LogP contribution in [0.4, 0.5) is 8.78 Å². The number of hydrogen-bond donors (Lipinski definition) is 1. The van der Waals surface area contributed by atoms with Gasteiger partial charge in [-0.15, -0.1) is 0 Å². The lowest BCUT2D eigenvalue weighted by Crippen LogP contribution is -2.25. The van der Waals surface area contributed by atoms with E-state index >= 15 is 0 Å². The Hall–Kier alpha value is -2.88. The van der Waals surface area contributed by atoms with Crippen molar-refractivity contribution in [1.29, 1.82) is 5.26 Å². The highest BCUT2D eigenvalue weighted by molar-refractivity contribution is 5.92. The molecule has 0 radical (unpaired) electrons. The fraction of sp³-hybridized carbons (Fsp3) is 0.333. The van der Waals surface area contributed by atoms with E-state index < -0.39 is 17.8 Å². The number of carbonyl (C=O) groups excluding carboxylic acids is 1. The summed E-state index contributed by atoms with van der Waals surface area (Å²) in [5.41, 5.74) is 6.23. The molecule has 5 nitrogen and oxygen atoms in total. The third-order valence-electron chi connectivity index (χ3n) is 3.85. The molecule has 132 valence electrons. The van der Waals surface area contributed by atoms with Crippen molar-refractivity contribution in [1.82, 2.24) is 0 Å². The zero-order chi connectivity index (χ0) is 18.8. The summed E-state index contributed by atoms with van der Waals surface area (Å²) in [6.07, 6.45) is 0. The van der Waals surface area contributed by atoms with Gasteiger partial charge in [-0.1, -0.05) is 24.3 Å². The number of esters is 1. The van der Waals surface area contributed by atoms with Crippen LogP contribution in [0, 0.1) is 11.3 Å². The van der Waals surface area contributed by atoms with E-state index in [1.165, 1.54) is 31.2 Å². The Labute approximate surface area is 144 Å². The third kappa shape index (κ3) is 3.63. The maximum absolute atomic E-state index is 13.4. The van der Waals surface area contributed by atoms with Crippen molar-refractivity contribution in [3.05, 3.63) is 58.2 Å². The Morgan fingerprint density at radius 2 is 2.00 bits per heavy atom. The highest BCUT2D eigenvalue weighted by atomic mass is 19.3. The smallest absolute Gasteiger partial charge is 0.338 e. The summed E-state index contributed by atoms with van der Waals surface area (Å²) in [6.45, 7) is 4.13. The van der Waals surface area contributed by atoms with Gasteiger partial charge < -0.3 is 15.2 Å². The van der Waals surface area contributed by atoms with Gasteiger partial charge in [0.25, 0.3) is 5.92 Å². The minimum atomic E-state index is -2.99. The van der Waals surface area contributed by atoms with Gasteiger partial charge in [-0.3, -0.25) is 0 Å². The van der Waals surface area contributed by atoms with E-state index in [4.69, 9.17) is 15.2 Å². The molecule has 1 atom stereocenters. The molecule has 1 aliphatic heterocycles. The monoisotopic (exact) mass is 348 g/mol. The van der Waals surface area contributed by atoms with Gasteiger partial charge in [0.1, 0.15) is 17.4 Å². The second-order valence-electron chi connectivity index (χ2n) is 5.63. The Bertz CT molecular complexity index is 784. The molecule has 1 aliphatic rings. The summed E-state index contributed by atoms with van der Waals surface area (Å²) < 4.78 is 37.2. The summed E-state index contributed by atoms with van der Waals surface area (Å²) in [5, 5.41) is 9.43. The predicted octanol–water partition coefficient (Wildman–Crippen LogP) is 3.44. The normalized spacial score (nSPS) is 17.8.